The predicted molar refractivity (Wildman–Crippen MR) is 126 cm³/mol. The first-order valence-corrected chi connectivity index (χ1v) is 12.3. The second-order valence-corrected chi connectivity index (χ2v) is 10.3. The maximum absolute atomic E-state index is 12.0. The van der Waals surface area contributed by atoms with Crippen LogP contribution in [-0.4, -0.2) is 76.3 Å². The van der Waals surface area contributed by atoms with E-state index >= 15 is 0 Å². The fraction of sp³-hybridized carbons (Fsp3) is 0.481. The third-order valence-corrected chi connectivity index (χ3v) is 8.16. The van der Waals surface area contributed by atoms with E-state index in [9.17, 15) is 19.8 Å². The number of carbonyl (C=O) groups excluding carboxylic acids is 2. The van der Waals surface area contributed by atoms with Crippen molar-refractivity contribution in [1.29, 1.82) is 0 Å². The molecule has 4 aliphatic heterocycles. The summed E-state index contributed by atoms with van der Waals surface area (Å²) in [6, 6.07) is 9.88. The number of β-amino-alcohol motifs (C(OH)–C–C–N with tert-alkyl or cyclic N) is 2. The molecular formula is C27H30N2O6. The molecule has 5 atom stereocenters. The minimum Gasteiger partial charge on any atom is -0.459 e. The fourth-order valence-electron chi connectivity index (χ4n) is 6.02. The third-order valence-electron chi connectivity index (χ3n) is 8.16. The van der Waals surface area contributed by atoms with Gasteiger partial charge in [-0.05, 0) is 48.2 Å². The molecule has 2 aromatic rings. The van der Waals surface area contributed by atoms with Crippen LogP contribution < -0.4 is 0 Å². The lowest BCUT2D eigenvalue weighted by molar-refractivity contribution is -0.144. The fourth-order valence-corrected chi connectivity index (χ4v) is 6.02. The number of benzene rings is 2. The van der Waals surface area contributed by atoms with Crippen LogP contribution in [0.3, 0.4) is 0 Å². The van der Waals surface area contributed by atoms with Gasteiger partial charge in [-0.15, -0.1) is 0 Å². The average molecular weight is 479 g/mol. The van der Waals surface area contributed by atoms with Crippen LogP contribution in [0.25, 0.3) is 0 Å². The molecule has 0 saturated carbocycles. The van der Waals surface area contributed by atoms with Gasteiger partial charge >= 0.3 is 11.9 Å². The zero-order valence-electron chi connectivity index (χ0n) is 19.9. The van der Waals surface area contributed by atoms with Crippen molar-refractivity contribution >= 4 is 11.9 Å². The molecule has 2 saturated heterocycles. The largest absolute Gasteiger partial charge is 0.459 e. The number of hydrogen-bond acceptors (Lipinski definition) is 8. The van der Waals surface area contributed by atoms with E-state index < -0.39 is 12.2 Å². The smallest absolute Gasteiger partial charge is 0.338 e. The van der Waals surface area contributed by atoms with Gasteiger partial charge in [-0.1, -0.05) is 18.2 Å². The molecule has 0 bridgehead atoms. The summed E-state index contributed by atoms with van der Waals surface area (Å²) in [5, 5.41) is 21.8. The first kappa shape index (κ1) is 22.7. The third kappa shape index (κ3) is 3.76. The lowest BCUT2D eigenvalue weighted by Gasteiger charge is -2.62. The minimum absolute atomic E-state index is 0.147. The summed E-state index contributed by atoms with van der Waals surface area (Å²) < 4.78 is 10.4. The maximum atomic E-state index is 12.0. The van der Waals surface area contributed by atoms with E-state index in [4.69, 9.17) is 9.47 Å². The summed E-state index contributed by atoms with van der Waals surface area (Å²) in [6.45, 7) is 6.90. The Labute approximate surface area is 204 Å². The summed E-state index contributed by atoms with van der Waals surface area (Å²) in [6.07, 6.45) is -0.721. The van der Waals surface area contributed by atoms with Crippen LogP contribution in [0.1, 0.15) is 67.7 Å². The van der Waals surface area contributed by atoms with E-state index in [1.54, 1.807) is 12.1 Å². The molecule has 0 aromatic heterocycles. The Morgan fingerprint density at radius 1 is 0.971 bits per heavy atom. The van der Waals surface area contributed by atoms with Gasteiger partial charge in [0.15, 0.2) is 0 Å². The normalized spacial score (nSPS) is 27.0. The van der Waals surface area contributed by atoms with E-state index in [0.717, 1.165) is 40.9 Å². The number of ether oxygens (including phenoxy) is 2. The summed E-state index contributed by atoms with van der Waals surface area (Å²) in [7, 11) is 0. The molecule has 8 nitrogen and oxygen atoms in total. The van der Waals surface area contributed by atoms with Gasteiger partial charge < -0.3 is 19.7 Å². The maximum Gasteiger partial charge on any atom is 0.338 e. The molecule has 184 valence electrons. The van der Waals surface area contributed by atoms with Gasteiger partial charge in [0.05, 0.1) is 23.3 Å². The van der Waals surface area contributed by atoms with E-state index in [2.05, 4.69) is 9.80 Å². The van der Waals surface area contributed by atoms with Crippen molar-refractivity contribution in [3.8, 4) is 0 Å². The molecular weight excluding hydrogens is 448 g/mol. The molecule has 6 rings (SSSR count). The van der Waals surface area contributed by atoms with E-state index in [1.165, 1.54) is 0 Å². The molecule has 8 heteroatoms. The number of rotatable bonds is 6. The summed E-state index contributed by atoms with van der Waals surface area (Å²) in [5.74, 6) is -0.585. The van der Waals surface area contributed by atoms with Gasteiger partial charge in [-0.3, -0.25) is 9.80 Å². The number of fused-ring (bicyclic) bond motifs is 3. The van der Waals surface area contributed by atoms with Crippen LogP contribution in [0.4, 0.5) is 0 Å². The Morgan fingerprint density at radius 3 is 2.37 bits per heavy atom. The predicted octanol–water partition coefficient (Wildman–Crippen LogP) is 1.90. The van der Waals surface area contributed by atoms with Crippen LogP contribution >= 0.6 is 0 Å². The summed E-state index contributed by atoms with van der Waals surface area (Å²) in [4.78, 5) is 28.4. The van der Waals surface area contributed by atoms with Gasteiger partial charge in [0.1, 0.15) is 12.7 Å². The van der Waals surface area contributed by atoms with Crippen LogP contribution in [0.5, 0.6) is 0 Å². The Balaban J connectivity index is 1.04. The average Bonchev–Trinajstić information content (AvgIpc) is 3.20. The Kier molecular flexibility index (Phi) is 5.45. The number of carbonyl (C=O) groups is 2. The molecule has 2 aromatic carbocycles. The number of aliphatic hydroxyl groups is 2. The Morgan fingerprint density at radius 2 is 1.66 bits per heavy atom. The molecule has 2 fully saturated rings. The molecule has 0 aliphatic carbocycles. The highest BCUT2D eigenvalue weighted by Crippen LogP contribution is 2.37. The number of cyclic esters (lactones) is 2. The van der Waals surface area contributed by atoms with Crippen molar-refractivity contribution in [3.05, 3.63) is 69.3 Å². The second-order valence-electron chi connectivity index (χ2n) is 10.3. The topological polar surface area (TPSA) is 99.5 Å². The van der Waals surface area contributed by atoms with Crippen molar-refractivity contribution in [1.82, 2.24) is 9.80 Å². The number of nitrogens with zero attached hydrogens (tertiary/aromatic N) is 2. The number of hydrogen-bond donors (Lipinski definition) is 2. The summed E-state index contributed by atoms with van der Waals surface area (Å²) in [5.41, 5.74) is 5.62. The van der Waals surface area contributed by atoms with Gasteiger partial charge in [0.25, 0.3) is 0 Å². The monoisotopic (exact) mass is 478 g/mol. The Bertz CT molecular complexity index is 1210. The van der Waals surface area contributed by atoms with Crippen molar-refractivity contribution < 1.29 is 29.3 Å². The standard InChI is InChI=1S/C27H30N2O6/c1-14-7-17-8-16(3-4-19(17)27(33)35-14)24(30)11-28-9-23-22(28)10-29(23)12-25(31)18-5-6-20-21(15(18)2)13-34-26(20)32/h3-6,8,14,22-25,30-31H,7,9-13H2,1-2H3/t14-,22-,23?,24-,25-/m0/s1. The molecule has 0 amide bonds. The van der Waals surface area contributed by atoms with Crippen molar-refractivity contribution in [3.63, 3.8) is 0 Å². The van der Waals surface area contributed by atoms with E-state index in [-0.39, 0.29) is 24.6 Å². The van der Waals surface area contributed by atoms with Gasteiger partial charge in [-0.25, -0.2) is 9.59 Å². The number of likely N-dealkylation sites (tertiary alicyclic amines) is 2. The van der Waals surface area contributed by atoms with Crippen LogP contribution in [0.2, 0.25) is 0 Å². The molecule has 0 radical (unpaired) electrons. The number of aliphatic hydroxyl groups excluding tert-OH is 2. The molecule has 1 unspecified atom stereocenters. The van der Waals surface area contributed by atoms with Gasteiger partial charge in [0, 0.05) is 50.2 Å². The van der Waals surface area contributed by atoms with Crippen molar-refractivity contribution in [2.75, 3.05) is 26.2 Å². The first-order chi connectivity index (χ1) is 16.8. The van der Waals surface area contributed by atoms with E-state index in [0.29, 0.717) is 42.7 Å². The molecule has 4 heterocycles. The lowest BCUT2D eigenvalue weighted by atomic mass is 9.83. The highest BCUT2D eigenvalue weighted by Gasteiger charge is 2.51. The molecule has 35 heavy (non-hydrogen) atoms. The van der Waals surface area contributed by atoms with Crippen molar-refractivity contribution in [2.24, 2.45) is 0 Å². The zero-order chi connectivity index (χ0) is 24.4. The first-order valence-electron chi connectivity index (χ1n) is 12.3. The number of esters is 2. The minimum atomic E-state index is -0.624. The summed E-state index contributed by atoms with van der Waals surface area (Å²) >= 11 is 0. The lowest BCUT2D eigenvalue weighted by Crippen LogP contribution is -2.79. The second kappa shape index (κ2) is 8.41. The molecule has 0 spiro atoms. The van der Waals surface area contributed by atoms with Crippen molar-refractivity contribution in [2.45, 2.75) is 57.3 Å². The number of piperazine rings is 1. The Hall–Kier alpha value is -2.78. The highest BCUT2D eigenvalue weighted by molar-refractivity contribution is 5.94. The quantitative estimate of drug-likeness (QED) is 0.608. The van der Waals surface area contributed by atoms with Crippen LogP contribution in [0.15, 0.2) is 30.3 Å². The molecule has 4 aliphatic rings. The zero-order valence-corrected chi connectivity index (χ0v) is 19.9. The van der Waals surface area contributed by atoms with Crippen LogP contribution in [-0.2, 0) is 22.5 Å². The molecule has 2 N–H and O–H groups in total. The van der Waals surface area contributed by atoms with Gasteiger partial charge in [-0.2, -0.15) is 0 Å². The van der Waals surface area contributed by atoms with Gasteiger partial charge in [0.2, 0.25) is 0 Å². The SMILES string of the molecule is Cc1c([C@@H](O)CN2C[C@H]3C2CN3C[C@H](O)c2ccc3c(c2)C[C@H](C)OC3=O)ccc2c1COC2=O. The van der Waals surface area contributed by atoms with Crippen LogP contribution in [0, 0.1) is 6.92 Å². The van der Waals surface area contributed by atoms with E-state index in [1.807, 2.05) is 32.0 Å². The highest BCUT2D eigenvalue weighted by atomic mass is 16.5.